The van der Waals surface area contributed by atoms with Crippen LogP contribution >= 0.6 is 0 Å². The number of aliphatic hydroxyl groups excluding tert-OH is 2. The first-order valence-electron chi connectivity index (χ1n) is 12.5. The average molecular weight is 504 g/mol. The number of nitrogens with one attached hydrogen (secondary N) is 2. The Morgan fingerprint density at radius 2 is 1.81 bits per heavy atom. The molecule has 2 aliphatic rings. The lowest BCUT2D eigenvalue weighted by molar-refractivity contribution is -0.127. The molecule has 1 aliphatic carbocycles. The van der Waals surface area contributed by atoms with Crippen LogP contribution in [0.3, 0.4) is 0 Å². The minimum atomic E-state index is -0.950. The number of nitrogens with zero attached hydrogens (tertiary/aromatic N) is 1. The average Bonchev–Trinajstić information content (AvgIpc) is 3.38. The molecule has 4 unspecified atom stereocenters. The third kappa shape index (κ3) is 6.72. The Balaban J connectivity index is 1.34. The molecular formula is C29H33N3O5. The van der Waals surface area contributed by atoms with Gasteiger partial charge in [-0.25, -0.2) is 0 Å². The number of hydrogen-bond acceptors (Lipinski definition) is 5. The lowest BCUT2D eigenvalue weighted by atomic mass is 9.92. The lowest BCUT2D eigenvalue weighted by Crippen LogP contribution is -2.41. The van der Waals surface area contributed by atoms with Crippen LogP contribution in [0.5, 0.6) is 0 Å². The molecule has 0 fully saturated rings. The molecule has 2 aromatic carbocycles. The Morgan fingerprint density at radius 3 is 2.54 bits per heavy atom. The zero-order chi connectivity index (χ0) is 26.4. The smallest absolute Gasteiger partial charge is 0.251 e. The van der Waals surface area contributed by atoms with Crippen molar-refractivity contribution < 1.29 is 24.6 Å². The van der Waals surface area contributed by atoms with E-state index in [2.05, 4.69) is 17.2 Å². The number of amides is 3. The molecular weight excluding hydrogens is 470 g/mol. The van der Waals surface area contributed by atoms with E-state index in [4.69, 9.17) is 0 Å². The molecule has 2 aromatic rings. The SMILES string of the molecule is C=C1C=CC(=O)N1CCC(=O)NCC(O)CC(Cc1ccccc1)C(=O)NC1c2ccccc2CC1O. The Hall–Kier alpha value is -3.75. The molecule has 4 N–H and O–H groups in total. The van der Waals surface area contributed by atoms with Crippen LogP contribution in [0.2, 0.25) is 0 Å². The van der Waals surface area contributed by atoms with Gasteiger partial charge in [-0.15, -0.1) is 0 Å². The summed E-state index contributed by atoms with van der Waals surface area (Å²) < 4.78 is 0. The third-order valence-electron chi connectivity index (χ3n) is 6.88. The molecule has 0 saturated heterocycles. The van der Waals surface area contributed by atoms with Crippen molar-refractivity contribution >= 4 is 17.7 Å². The standard InChI is InChI=1S/C29H33N3O5/c1-19-11-12-27(36)32(19)14-13-26(35)30-18-23(33)16-22(15-20-7-3-2-4-8-20)29(37)31-28-24-10-6-5-9-21(24)17-25(28)34/h2-12,22-23,25,28,33-34H,1,13-18H2,(H,30,35)(H,31,37). The maximum atomic E-state index is 13.4. The molecule has 0 spiro atoms. The number of carbonyl (C=O) groups is 3. The van der Waals surface area contributed by atoms with Gasteiger partial charge in [0.15, 0.2) is 0 Å². The number of aliphatic hydroxyl groups is 2. The van der Waals surface area contributed by atoms with E-state index in [0.29, 0.717) is 18.5 Å². The quantitative estimate of drug-likeness (QED) is 0.373. The fraction of sp³-hybridized carbons (Fsp3) is 0.345. The minimum Gasteiger partial charge on any atom is -0.391 e. The second-order valence-electron chi connectivity index (χ2n) is 9.60. The second-order valence-corrected chi connectivity index (χ2v) is 9.60. The number of carbonyl (C=O) groups excluding carboxylic acids is 3. The summed E-state index contributed by atoms with van der Waals surface area (Å²) in [7, 11) is 0. The Morgan fingerprint density at radius 1 is 1.08 bits per heavy atom. The molecule has 1 heterocycles. The molecule has 8 nitrogen and oxygen atoms in total. The second kappa shape index (κ2) is 12.0. The zero-order valence-electron chi connectivity index (χ0n) is 20.7. The number of fused-ring (bicyclic) bond motifs is 1. The first kappa shape index (κ1) is 26.3. The molecule has 0 saturated carbocycles. The number of allylic oxidation sites excluding steroid dienone is 1. The van der Waals surface area contributed by atoms with Crippen LogP contribution in [0.15, 0.2) is 79.0 Å². The molecule has 194 valence electrons. The maximum absolute atomic E-state index is 13.4. The van der Waals surface area contributed by atoms with E-state index in [0.717, 1.165) is 16.7 Å². The van der Waals surface area contributed by atoms with Crippen molar-refractivity contribution in [3.63, 3.8) is 0 Å². The summed E-state index contributed by atoms with van der Waals surface area (Å²) in [6.45, 7) is 3.96. The molecule has 8 heteroatoms. The predicted molar refractivity (Wildman–Crippen MR) is 139 cm³/mol. The monoisotopic (exact) mass is 503 g/mol. The van der Waals surface area contributed by atoms with E-state index in [9.17, 15) is 24.6 Å². The highest BCUT2D eigenvalue weighted by Crippen LogP contribution is 2.32. The Kier molecular flexibility index (Phi) is 8.53. The van der Waals surface area contributed by atoms with Crippen LogP contribution < -0.4 is 10.6 Å². The number of rotatable bonds is 11. The van der Waals surface area contributed by atoms with E-state index in [1.807, 2.05) is 54.6 Å². The van der Waals surface area contributed by atoms with Gasteiger partial charge in [0.2, 0.25) is 11.8 Å². The number of hydrogen-bond donors (Lipinski definition) is 4. The Labute approximate surface area is 216 Å². The first-order valence-corrected chi connectivity index (χ1v) is 12.5. The molecule has 1 aliphatic heterocycles. The van der Waals surface area contributed by atoms with E-state index >= 15 is 0 Å². The van der Waals surface area contributed by atoms with Crippen LogP contribution in [0.4, 0.5) is 0 Å². The topological polar surface area (TPSA) is 119 Å². The normalized spacial score (nSPS) is 20.0. The summed E-state index contributed by atoms with van der Waals surface area (Å²) in [5.41, 5.74) is 3.42. The third-order valence-corrected chi connectivity index (χ3v) is 6.88. The van der Waals surface area contributed by atoms with Gasteiger partial charge in [-0.3, -0.25) is 14.4 Å². The van der Waals surface area contributed by atoms with Crippen molar-refractivity contribution in [2.24, 2.45) is 5.92 Å². The van der Waals surface area contributed by atoms with Gasteiger partial charge < -0.3 is 25.7 Å². The van der Waals surface area contributed by atoms with Crippen LogP contribution in [0, 0.1) is 5.92 Å². The van der Waals surface area contributed by atoms with Crippen molar-refractivity contribution in [2.45, 2.75) is 43.9 Å². The van der Waals surface area contributed by atoms with Crippen LogP contribution in [-0.2, 0) is 27.2 Å². The largest absolute Gasteiger partial charge is 0.391 e. The van der Waals surface area contributed by atoms with Crippen LogP contribution in [-0.4, -0.2) is 58.1 Å². The fourth-order valence-corrected chi connectivity index (χ4v) is 4.89. The highest BCUT2D eigenvalue weighted by atomic mass is 16.3. The molecule has 4 rings (SSSR count). The van der Waals surface area contributed by atoms with E-state index in [1.54, 1.807) is 6.08 Å². The summed E-state index contributed by atoms with van der Waals surface area (Å²) in [4.78, 5) is 38.9. The van der Waals surface area contributed by atoms with Crippen LogP contribution in [0.1, 0.15) is 35.6 Å². The molecule has 3 amide bonds. The summed E-state index contributed by atoms with van der Waals surface area (Å²) in [6, 6.07) is 16.7. The van der Waals surface area contributed by atoms with E-state index in [1.165, 1.54) is 11.0 Å². The predicted octanol–water partition coefficient (Wildman–Crippen LogP) is 1.79. The lowest BCUT2D eigenvalue weighted by Gasteiger charge is -2.24. The van der Waals surface area contributed by atoms with Crippen LogP contribution in [0.25, 0.3) is 0 Å². The van der Waals surface area contributed by atoms with Crippen molar-refractivity contribution in [3.05, 3.63) is 95.7 Å². The van der Waals surface area contributed by atoms with Gasteiger partial charge in [-0.1, -0.05) is 61.2 Å². The maximum Gasteiger partial charge on any atom is 0.251 e. The van der Waals surface area contributed by atoms with Crippen molar-refractivity contribution in [1.82, 2.24) is 15.5 Å². The summed E-state index contributed by atoms with van der Waals surface area (Å²) >= 11 is 0. The summed E-state index contributed by atoms with van der Waals surface area (Å²) in [5.74, 6) is -1.33. The molecule has 0 radical (unpaired) electrons. The molecule has 37 heavy (non-hydrogen) atoms. The van der Waals surface area contributed by atoms with Crippen molar-refractivity contribution in [3.8, 4) is 0 Å². The minimum absolute atomic E-state index is 0.0145. The van der Waals surface area contributed by atoms with Gasteiger partial charge in [0.25, 0.3) is 5.91 Å². The first-order chi connectivity index (χ1) is 17.8. The zero-order valence-corrected chi connectivity index (χ0v) is 20.7. The van der Waals surface area contributed by atoms with Gasteiger partial charge in [0.05, 0.1) is 18.2 Å². The highest BCUT2D eigenvalue weighted by Gasteiger charge is 2.34. The van der Waals surface area contributed by atoms with Gasteiger partial charge >= 0.3 is 0 Å². The summed E-state index contributed by atoms with van der Waals surface area (Å²) in [5, 5.41) is 27.0. The molecule has 0 bridgehead atoms. The Bertz CT molecular complexity index is 1160. The van der Waals surface area contributed by atoms with Gasteiger partial charge in [0, 0.05) is 43.6 Å². The van der Waals surface area contributed by atoms with Gasteiger partial charge in [0.1, 0.15) is 0 Å². The van der Waals surface area contributed by atoms with E-state index in [-0.39, 0.29) is 43.7 Å². The van der Waals surface area contributed by atoms with E-state index < -0.39 is 24.2 Å². The van der Waals surface area contributed by atoms with Crippen molar-refractivity contribution in [2.75, 3.05) is 13.1 Å². The number of benzene rings is 2. The molecule has 4 atom stereocenters. The fourth-order valence-electron chi connectivity index (χ4n) is 4.89. The highest BCUT2D eigenvalue weighted by molar-refractivity contribution is 5.93. The van der Waals surface area contributed by atoms with Gasteiger partial charge in [-0.2, -0.15) is 0 Å². The van der Waals surface area contributed by atoms with Crippen molar-refractivity contribution in [1.29, 1.82) is 0 Å². The summed E-state index contributed by atoms with van der Waals surface area (Å²) in [6.07, 6.45) is 2.45. The van der Waals surface area contributed by atoms with Gasteiger partial charge in [-0.05, 0) is 35.6 Å². The molecule has 0 aromatic heterocycles.